The Hall–Kier alpha value is -0.980. The summed E-state index contributed by atoms with van der Waals surface area (Å²) in [6.07, 6.45) is 9.65. The lowest BCUT2D eigenvalue weighted by molar-refractivity contribution is 0.394. The van der Waals surface area contributed by atoms with Crippen LogP contribution in [0.1, 0.15) is 79.6 Å². The van der Waals surface area contributed by atoms with E-state index in [9.17, 15) is 0 Å². The second kappa shape index (κ2) is 11.5. The first-order valence-electron chi connectivity index (χ1n) is 9.88. The molecule has 1 nitrogen and oxygen atoms in total. The largest absolute Gasteiger partial charge is 0.368 e. The van der Waals surface area contributed by atoms with Crippen molar-refractivity contribution in [3.63, 3.8) is 0 Å². The quantitative estimate of drug-likeness (QED) is 0.378. The van der Waals surface area contributed by atoms with Crippen LogP contribution in [0.5, 0.6) is 0 Å². The van der Waals surface area contributed by atoms with Gasteiger partial charge in [-0.3, -0.25) is 0 Å². The van der Waals surface area contributed by atoms with E-state index in [-0.39, 0.29) is 0 Å². The van der Waals surface area contributed by atoms with Gasteiger partial charge in [-0.05, 0) is 30.4 Å². The molecular formula is C22H39N. The van der Waals surface area contributed by atoms with Gasteiger partial charge in [0.05, 0.1) is 0 Å². The average Bonchev–Trinajstić information content (AvgIpc) is 2.53. The van der Waals surface area contributed by atoms with Crippen molar-refractivity contribution in [1.82, 2.24) is 0 Å². The topological polar surface area (TPSA) is 3.24 Å². The normalized spacial score (nSPS) is 12.8. The Labute approximate surface area is 145 Å². The third kappa shape index (κ3) is 7.90. The Kier molecular flexibility index (Phi) is 10.1. The number of para-hydroxylation sites is 1. The van der Waals surface area contributed by atoms with Crippen molar-refractivity contribution >= 4 is 5.69 Å². The molecule has 1 unspecified atom stereocenters. The minimum absolute atomic E-state index is 0.658. The first-order valence-corrected chi connectivity index (χ1v) is 9.88. The molecule has 1 heteroatoms. The number of anilines is 1. The second-order valence-electron chi connectivity index (χ2n) is 7.75. The molecule has 0 saturated heterocycles. The highest BCUT2D eigenvalue weighted by atomic mass is 15.2. The lowest BCUT2D eigenvalue weighted by Crippen LogP contribution is -2.41. The molecule has 0 aliphatic carbocycles. The van der Waals surface area contributed by atoms with Crippen molar-refractivity contribution < 1.29 is 0 Å². The lowest BCUT2D eigenvalue weighted by Gasteiger charge is -2.38. The summed E-state index contributed by atoms with van der Waals surface area (Å²) < 4.78 is 0. The number of unbranched alkanes of at least 4 members (excludes halogenated alkanes) is 5. The zero-order valence-corrected chi connectivity index (χ0v) is 16.2. The molecule has 0 aliphatic rings. The maximum Gasteiger partial charge on any atom is 0.0368 e. The molecule has 23 heavy (non-hydrogen) atoms. The fraction of sp³-hybridized carbons (Fsp3) is 0.727. The Morgan fingerprint density at radius 1 is 0.826 bits per heavy atom. The maximum absolute atomic E-state index is 2.67. The summed E-state index contributed by atoms with van der Waals surface area (Å²) >= 11 is 0. The van der Waals surface area contributed by atoms with Gasteiger partial charge in [-0.15, -0.1) is 0 Å². The summed E-state index contributed by atoms with van der Waals surface area (Å²) in [6, 6.07) is 11.7. The highest BCUT2D eigenvalue weighted by molar-refractivity contribution is 5.47. The molecule has 0 radical (unpaired) electrons. The standard InChI is InChI=1S/C22H39N/c1-6-7-8-9-10-14-17-22(20(4)5)23(18-19(2)3)21-15-12-11-13-16-21/h11-13,15-16,19-20,22H,6-10,14,17-18H2,1-5H3. The van der Waals surface area contributed by atoms with Gasteiger partial charge in [0.25, 0.3) is 0 Å². The summed E-state index contributed by atoms with van der Waals surface area (Å²) in [5.74, 6) is 1.39. The summed E-state index contributed by atoms with van der Waals surface area (Å²) in [5.41, 5.74) is 1.39. The van der Waals surface area contributed by atoms with Gasteiger partial charge in [0, 0.05) is 18.3 Å². The molecule has 132 valence electrons. The van der Waals surface area contributed by atoms with Crippen molar-refractivity contribution in [2.75, 3.05) is 11.4 Å². The van der Waals surface area contributed by atoms with Crippen molar-refractivity contribution in [2.45, 2.75) is 85.6 Å². The van der Waals surface area contributed by atoms with Crippen LogP contribution in [0.2, 0.25) is 0 Å². The van der Waals surface area contributed by atoms with E-state index in [0.29, 0.717) is 17.9 Å². The Bertz CT molecular complexity index is 382. The van der Waals surface area contributed by atoms with Crippen LogP contribution in [0.4, 0.5) is 5.69 Å². The van der Waals surface area contributed by atoms with Crippen LogP contribution in [0.25, 0.3) is 0 Å². The van der Waals surface area contributed by atoms with Gasteiger partial charge in [0.2, 0.25) is 0 Å². The molecule has 1 rings (SSSR count). The molecular weight excluding hydrogens is 278 g/mol. The minimum atomic E-state index is 0.658. The van der Waals surface area contributed by atoms with Crippen LogP contribution < -0.4 is 4.90 Å². The van der Waals surface area contributed by atoms with Gasteiger partial charge in [-0.25, -0.2) is 0 Å². The van der Waals surface area contributed by atoms with Crippen LogP contribution in [0, 0.1) is 11.8 Å². The molecule has 0 heterocycles. The summed E-state index contributed by atoms with van der Waals surface area (Å²) in [4.78, 5) is 2.67. The van der Waals surface area contributed by atoms with Crippen molar-refractivity contribution in [3.8, 4) is 0 Å². The highest BCUT2D eigenvalue weighted by Gasteiger charge is 2.22. The average molecular weight is 318 g/mol. The smallest absolute Gasteiger partial charge is 0.0368 e. The fourth-order valence-electron chi connectivity index (χ4n) is 3.43. The molecule has 1 aromatic carbocycles. The van der Waals surface area contributed by atoms with E-state index in [1.807, 2.05) is 0 Å². The lowest BCUT2D eigenvalue weighted by atomic mass is 9.94. The Balaban J connectivity index is 2.65. The fourth-order valence-corrected chi connectivity index (χ4v) is 3.43. The van der Waals surface area contributed by atoms with Gasteiger partial charge in [0.1, 0.15) is 0 Å². The third-order valence-electron chi connectivity index (χ3n) is 4.67. The first-order chi connectivity index (χ1) is 11.1. The van der Waals surface area contributed by atoms with Gasteiger partial charge < -0.3 is 4.90 Å². The molecule has 0 aromatic heterocycles. The molecule has 1 aromatic rings. The zero-order chi connectivity index (χ0) is 17.1. The molecule has 0 amide bonds. The Morgan fingerprint density at radius 2 is 1.43 bits per heavy atom. The van der Waals surface area contributed by atoms with Crippen molar-refractivity contribution in [2.24, 2.45) is 11.8 Å². The van der Waals surface area contributed by atoms with E-state index in [2.05, 4.69) is 69.9 Å². The predicted molar refractivity (Wildman–Crippen MR) is 105 cm³/mol. The van der Waals surface area contributed by atoms with Crippen molar-refractivity contribution in [1.29, 1.82) is 0 Å². The van der Waals surface area contributed by atoms with E-state index in [0.717, 1.165) is 6.54 Å². The summed E-state index contributed by atoms with van der Waals surface area (Å²) in [7, 11) is 0. The molecule has 0 saturated carbocycles. The molecule has 1 atom stereocenters. The van der Waals surface area contributed by atoms with Crippen LogP contribution in [-0.4, -0.2) is 12.6 Å². The SMILES string of the molecule is CCCCCCCCC(C(C)C)N(CC(C)C)c1ccccc1. The molecule has 0 fully saturated rings. The van der Waals surface area contributed by atoms with Crippen LogP contribution >= 0.6 is 0 Å². The minimum Gasteiger partial charge on any atom is -0.368 e. The third-order valence-corrected chi connectivity index (χ3v) is 4.67. The molecule has 0 bridgehead atoms. The maximum atomic E-state index is 2.67. The first kappa shape index (κ1) is 20.1. The monoisotopic (exact) mass is 317 g/mol. The molecule has 0 N–H and O–H groups in total. The van der Waals surface area contributed by atoms with E-state index in [4.69, 9.17) is 0 Å². The van der Waals surface area contributed by atoms with Gasteiger partial charge in [-0.1, -0.05) is 91.3 Å². The highest BCUT2D eigenvalue weighted by Crippen LogP contribution is 2.26. The van der Waals surface area contributed by atoms with E-state index in [1.165, 1.54) is 50.6 Å². The Morgan fingerprint density at radius 3 is 2.00 bits per heavy atom. The number of hydrogen-bond acceptors (Lipinski definition) is 1. The summed E-state index contributed by atoms with van der Waals surface area (Å²) in [5, 5.41) is 0. The second-order valence-corrected chi connectivity index (χ2v) is 7.75. The number of benzene rings is 1. The zero-order valence-electron chi connectivity index (χ0n) is 16.2. The number of nitrogens with zero attached hydrogens (tertiary/aromatic N) is 1. The number of hydrogen-bond donors (Lipinski definition) is 0. The van der Waals surface area contributed by atoms with E-state index >= 15 is 0 Å². The molecule has 0 aliphatic heterocycles. The van der Waals surface area contributed by atoms with E-state index < -0.39 is 0 Å². The van der Waals surface area contributed by atoms with Crippen molar-refractivity contribution in [3.05, 3.63) is 30.3 Å². The summed E-state index contributed by atoms with van der Waals surface area (Å²) in [6.45, 7) is 12.9. The van der Waals surface area contributed by atoms with Gasteiger partial charge in [0.15, 0.2) is 0 Å². The predicted octanol–water partition coefficient (Wildman–Crippen LogP) is 6.92. The molecule has 0 spiro atoms. The van der Waals surface area contributed by atoms with Crippen LogP contribution in [0.3, 0.4) is 0 Å². The van der Waals surface area contributed by atoms with Crippen LogP contribution in [0.15, 0.2) is 30.3 Å². The van der Waals surface area contributed by atoms with E-state index in [1.54, 1.807) is 0 Å². The van der Waals surface area contributed by atoms with Crippen LogP contribution in [-0.2, 0) is 0 Å². The number of rotatable bonds is 12. The van der Waals surface area contributed by atoms with Gasteiger partial charge >= 0.3 is 0 Å². The van der Waals surface area contributed by atoms with Gasteiger partial charge in [-0.2, -0.15) is 0 Å².